The number of anilines is 1. The van der Waals surface area contributed by atoms with Gasteiger partial charge in [-0.3, -0.25) is 4.79 Å². The van der Waals surface area contributed by atoms with Gasteiger partial charge < -0.3 is 29.5 Å². The molecule has 170 valence electrons. The van der Waals surface area contributed by atoms with Gasteiger partial charge in [0.15, 0.2) is 17.3 Å². The van der Waals surface area contributed by atoms with E-state index in [1.54, 1.807) is 24.3 Å². The van der Waals surface area contributed by atoms with E-state index in [0.29, 0.717) is 30.0 Å². The molecule has 0 saturated heterocycles. The van der Waals surface area contributed by atoms with E-state index in [4.69, 9.17) is 14.0 Å². The maximum absolute atomic E-state index is 13.6. The highest BCUT2D eigenvalue weighted by atomic mass is 16.5. The number of aromatic hydroxyl groups is 2. The summed E-state index contributed by atoms with van der Waals surface area (Å²) in [4.78, 5) is 13.6. The van der Waals surface area contributed by atoms with E-state index in [1.165, 1.54) is 14.2 Å². The normalized spacial score (nSPS) is 19.5. The number of phenols is 2. The van der Waals surface area contributed by atoms with Gasteiger partial charge in [0.05, 0.1) is 25.5 Å². The highest BCUT2D eigenvalue weighted by Gasteiger charge is 2.41. The lowest BCUT2D eigenvalue weighted by Crippen LogP contribution is -2.29. The third kappa shape index (κ3) is 3.38. The Kier molecular flexibility index (Phi) is 5.00. The lowest BCUT2D eigenvalue weighted by atomic mass is 9.72. The van der Waals surface area contributed by atoms with Crippen molar-refractivity contribution in [3.63, 3.8) is 0 Å². The smallest absolute Gasteiger partial charge is 0.233 e. The van der Waals surface area contributed by atoms with E-state index in [2.05, 4.69) is 10.5 Å². The molecule has 2 atom stereocenters. The first-order chi connectivity index (χ1) is 15.9. The number of ether oxygens (including phenoxy) is 2. The number of benzene rings is 2. The van der Waals surface area contributed by atoms with Crippen LogP contribution < -0.4 is 14.8 Å². The van der Waals surface area contributed by atoms with Crippen LogP contribution in [0, 0.1) is 6.92 Å². The number of nitrogens with zero attached hydrogens (tertiary/aromatic N) is 1. The molecule has 0 bridgehead atoms. The van der Waals surface area contributed by atoms with Crippen LogP contribution in [-0.2, 0) is 4.79 Å². The summed E-state index contributed by atoms with van der Waals surface area (Å²) in [6.45, 7) is 1.84. The molecule has 0 amide bonds. The molecule has 0 fully saturated rings. The first-order valence-corrected chi connectivity index (χ1v) is 10.6. The molecule has 2 aromatic carbocycles. The highest BCUT2D eigenvalue weighted by Crippen LogP contribution is 2.51. The number of carbonyl (C=O) groups excluding carboxylic acids is 1. The molecule has 8 heteroatoms. The number of rotatable bonds is 4. The van der Waals surface area contributed by atoms with E-state index in [1.807, 2.05) is 19.1 Å². The van der Waals surface area contributed by atoms with E-state index in [9.17, 15) is 15.0 Å². The number of hydrogen-bond donors (Lipinski definition) is 3. The maximum Gasteiger partial charge on any atom is 0.233 e. The largest absolute Gasteiger partial charge is 0.508 e. The van der Waals surface area contributed by atoms with Crippen molar-refractivity contribution in [1.29, 1.82) is 0 Å². The summed E-state index contributed by atoms with van der Waals surface area (Å²) in [5.41, 5.74) is 4.61. The van der Waals surface area contributed by atoms with Crippen molar-refractivity contribution in [1.82, 2.24) is 5.16 Å². The number of fused-ring (bicyclic) bond motifs is 1. The predicted molar refractivity (Wildman–Crippen MR) is 120 cm³/mol. The Morgan fingerprint density at radius 1 is 1.03 bits per heavy atom. The van der Waals surface area contributed by atoms with Crippen molar-refractivity contribution in [2.75, 3.05) is 19.5 Å². The molecule has 2 heterocycles. The lowest BCUT2D eigenvalue weighted by Gasteiger charge is -2.34. The molecular formula is C25H24N2O6. The number of hydrogen-bond acceptors (Lipinski definition) is 8. The zero-order chi connectivity index (χ0) is 23.3. The summed E-state index contributed by atoms with van der Waals surface area (Å²) >= 11 is 0. The van der Waals surface area contributed by atoms with Crippen molar-refractivity contribution >= 4 is 11.7 Å². The molecule has 1 aromatic heterocycles. The Balaban J connectivity index is 1.65. The first kappa shape index (κ1) is 20.9. The maximum atomic E-state index is 13.6. The number of ketones is 1. The molecule has 1 aliphatic heterocycles. The number of nitrogens with one attached hydrogen (secondary N) is 1. The van der Waals surface area contributed by atoms with Crippen LogP contribution >= 0.6 is 0 Å². The van der Waals surface area contributed by atoms with Gasteiger partial charge in [-0.15, -0.1) is 0 Å². The number of allylic oxidation sites excluding steroid dienone is 2. The average Bonchev–Trinajstić information content (AvgIpc) is 3.18. The summed E-state index contributed by atoms with van der Waals surface area (Å²) in [6, 6.07) is 10.4. The van der Waals surface area contributed by atoms with Gasteiger partial charge in [0.2, 0.25) is 11.6 Å². The minimum absolute atomic E-state index is 0.0177. The van der Waals surface area contributed by atoms with Crippen molar-refractivity contribution in [3.8, 4) is 23.0 Å². The number of Topliss-reactive ketones (excluding diaryl/α,β-unsaturated/α-hetero) is 1. The van der Waals surface area contributed by atoms with E-state index >= 15 is 0 Å². The van der Waals surface area contributed by atoms with Gasteiger partial charge in [0, 0.05) is 23.6 Å². The van der Waals surface area contributed by atoms with Gasteiger partial charge >= 0.3 is 0 Å². The van der Waals surface area contributed by atoms with Crippen LogP contribution in [0.4, 0.5) is 5.88 Å². The van der Waals surface area contributed by atoms with Gasteiger partial charge in [-0.05, 0) is 54.7 Å². The molecular weight excluding hydrogens is 424 g/mol. The quantitative estimate of drug-likeness (QED) is 0.539. The van der Waals surface area contributed by atoms with Crippen LogP contribution in [0.25, 0.3) is 0 Å². The van der Waals surface area contributed by atoms with Crippen LogP contribution in [0.5, 0.6) is 23.0 Å². The van der Waals surface area contributed by atoms with Crippen LogP contribution in [0.1, 0.15) is 47.1 Å². The summed E-state index contributed by atoms with van der Waals surface area (Å²) in [6.07, 6.45) is 0.946. The summed E-state index contributed by atoms with van der Waals surface area (Å²) in [7, 11) is 2.94. The predicted octanol–water partition coefficient (Wildman–Crippen LogP) is 4.37. The number of aromatic nitrogens is 1. The third-order valence-corrected chi connectivity index (χ3v) is 6.46. The number of phenolic OH excluding ortho intramolecular Hbond substituents is 2. The standard InChI is InChI=1S/C25H24N2O6/c1-12-21-22(15-10-19(31-2)24(30)20(11-15)32-3)23-17(26-25(21)33-27-12)8-14(9-18(23)29)13-4-6-16(28)7-5-13/h4-7,10-11,14,22,26,28,30H,8-9H2,1-3H3/t14-,22+/m0/s1. The molecule has 0 saturated carbocycles. The Bertz CT molecular complexity index is 1250. The highest BCUT2D eigenvalue weighted by molar-refractivity contribution is 6.01. The molecule has 1 aliphatic carbocycles. The molecule has 3 aromatic rings. The van der Waals surface area contributed by atoms with Gasteiger partial charge in [0.1, 0.15) is 5.75 Å². The average molecular weight is 448 g/mol. The second-order valence-corrected chi connectivity index (χ2v) is 8.35. The minimum Gasteiger partial charge on any atom is -0.508 e. The monoisotopic (exact) mass is 448 g/mol. The Morgan fingerprint density at radius 3 is 2.33 bits per heavy atom. The van der Waals surface area contributed by atoms with Crippen molar-refractivity contribution in [2.24, 2.45) is 0 Å². The van der Waals surface area contributed by atoms with Gasteiger partial charge in [-0.25, -0.2) is 0 Å². The van der Waals surface area contributed by atoms with E-state index in [-0.39, 0.29) is 34.7 Å². The van der Waals surface area contributed by atoms with Crippen molar-refractivity contribution in [2.45, 2.75) is 31.6 Å². The summed E-state index contributed by atoms with van der Waals surface area (Å²) in [5, 5.41) is 27.5. The second kappa shape index (κ2) is 7.88. The second-order valence-electron chi connectivity index (χ2n) is 8.35. The molecule has 0 radical (unpaired) electrons. The van der Waals surface area contributed by atoms with Crippen molar-refractivity contribution < 1.29 is 29.0 Å². The lowest BCUT2D eigenvalue weighted by molar-refractivity contribution is -0.116. The molecule has 3 N–H and O–H groups in total. The fraction of sp³-hybridized carbons (Fsp3) is 0.280. The number of carbonyl (C=O) groups is 1. The van der Waals surface area contributed by atoms with Gasteiger partial charge in [0.25, 0.3) is 0 Å². The Labute approximate surface area is 190 Å². The number of methoxy groups -OCH3 is 2. The van der Waals surface area contributed by atoms with Crippen LogP contribution in [0.2, 0.25) is 0 Å². The van der Waals surface area contributed by atoms with E-state index < -0.39 is 5.92 Å². The minimum atomic E-state index is -0.445. The van der Waals surface area contributed by atoms with Gasteiger partial charge in [-0.1, -0.05) is 17.3 Å². The molecule has 5 rings (SSSR count). The van der Waals surface area contributed by atoms with Crippen LogP contribution in [0.15, 0.2) is 52.2 Å². The topological polar surface area (TPSA) is 114 Å². The summed E-state index contributed by atoms with van der Waals surface area (Å²) in [5.74, 6) is 0.645. The fourth-order valence-corrected chi connectivity index (χ4v) is 4.87. The van der Waals surface area contributed by atoms with Crippen LogP contribution in [0.3, 0.4) is 0 Å². The van der Waals surface area contributed by atoms with E-state index in [0.717, 1.165) is 22.4 Å². The first-order valence-electron chi connectivity index (χ1n) is 10.6. The number of aryl methyl sites for hydroxylation is 1. The van der Waals surface area contributed by atoms with Crippen molar-refractivity contribution in [3.05, 3.63) is 70.1 Å². The Morgan fingerprint density at radius 2 is 1.70 bits per heavy atom. The summed E-state index contributed by atoms with van der Waals surface area (Å²) < 4.78 is 16.3. The third-order valence-electron chi connectivity index (χ3n) is 6.46. The molecule has 33 heavy (non-hydrogen) atoms. The fourth-order valence-electron chi connectivity index (χ4n) is 4.87. The van der Waals surface area contributed by atoms with Gasteiger partial charge in [-0.2, -0.15) is 0 Å². The van der Waals surface area contributed by atoms with Crippen LogP contribution in [-0.4, -0.2) is 35.4 Å². The molecule has 0 unspecified atom stereocenters. The molecule has 0 spiro atoms. The molecule has 2 aliphatic rings. The molecule has 8 nitrogen and oxygen atoms in total. The zero-order valence-electron chi connectivity index (χ0n) is 18.5. The zero-order valence-corrected chi connectivity index (χ0v) is 18.5. The SMILES string of the molecule is COc1cc([C@H]2C3=C(C[C@H](c4ccc(O)cc4)CC3=O)Nc3onc(C)c32)cc(OC)c1O. The Hall–Kier alpha value is -3.94.